The molecule has 1 aromatic carbocycles. The Labute approximate surface area is 112 Å². The number of benzene rings is 1. The Hall–Kier alpha value is -2.20. The minimum atomic E-state index is -0.0972. The molecule has 4 heteroatoms. The third-order valence-electron chi connectivity index (χ3n) is 2.87. The first-order valence-electron chi connectivity index (χ1n) is 6.19. The fourth-order valence-electron chi connectivity index (χ4n) is 1.73. The van der Waals surface area contributed by atoms with Crippen LogP contribution in [0.5, 0.6) is 0 Å². The van der Waals surface area contributed by atoms with Crippen LogP contribution < -0.4 is 11.1 Å². The largest absolute Gasteiger partial charge is 0.348 e. The first kappa shape index (κ1) is 13.2. The van der Waals surface area contributed by atoms with Crippen molar-refractivity contribution in [2.24, 2.45) is 5.73 Å². The topological polar surface area (TPSA) is 68.0 Å². The van der Waals surface area contributed by atoms with Gasteiger partial charge in [-0.1, -0.05) is 18.2 Å². The Morgan fingerprint density at radius 2 is 2.05 bits per heavy atom. The predicted molar refractivity (Wildman–Crippen MR) is 74.5 cm³/mol. The molecule has 0 radical (unpaired) electrons. The van der Waals surface area contributed by atoms with Gasteiger partial charge in [-0.3, -0.25) is 9.78 Å². The Morgan fingerprint density at radius 1 is 1.32 bits per heavy atom. The molecule has 4 nitrogen and oxygen atoms in total. The maximum absolute atomic E-state index is 11.9. The van der Waals surface area contributed by atoms with E-state index in [1.807, 2.05) is 31.2 Å². The molecular formula is C15H17N3O. The van der Waals surface area contributed by atoms with Crippen LogP contribution in [0.25, 0.3) is 0 Å². The zero-order valence-electron chi connectivity index (χ0n) is 10.8. The number of nitrogens with two attached hydrogens (primary N) is 1. The molecule has 3 N–H and O–H groups in total. The third kappa shape index (κ3) is 3.63. The van der Waals surface area contributed by atoms with Crippen molar-refractivity contribution in [3.05, 3.63) is 65.5 Å². The van der Waals surface area contributed by atoms with E-state index in [-0.39, 0.29) is 11.9 Å². The number of hydrogen-bond donors (Lipinski definition) is 2. The summed E-state index contributed by atoms with van der Waals surface area (Å²) in [7, 11) is 0. The summed E-state index contributed by atoms with van der Waals surface area (Å²) in [4.78, 5) is 15.9. The van der Waals surface area contributed by atoms with Crippen molar-refractivity contribution in [1.29, 1.82) is 0 Å². The second kappa shape index (κ2) is 6.11. The fraction of sp³-hybridized carbons (Fsp3) is 0.200. The third-order valence-corrected chi connectivity index (χ3v) is 2.87. The average Bonchev–Trinajstić information content (AvgIpc) is 2.46. The second-order valence-corrected chi connectivity index (χ2v) is 4.45. The van der Waals surface area contributed by atoms with E-state index in [2.05, 4.69) is 10.3 Å². The van der Waals surface area contributed by atoms with Gasteiger partial charge in [0.25, 0.3) is 5.91 Å². The van der Waals surface area contributed by atoms with Gasteiger partial charge in [-0.2, -0.15) is 0 Å². The van der Waals surface area contributed by atoms with Crippen LogP contribution in [-0.2, 0) is 6.54 Å². The van der Waals surface area contributed by atoms with Gasteiger partial charge in [0.05, 0.1) is 0 Å². The van der Waals surface area contributed by atoms with Crippen LogP contribution in [0.1, 0.15) is 34.5 Å². The lowest BCUT2D eigenvalue weighted by Crippen LogP contribution is -2.22. The molecule has 0 spiro atoms. The molecule has 19 heavy (non-hydrogen) atoms. The molecule has 1 aromatic heterocycles. The van der Waals surface area contributed by atoms with Gasteiger partial charge >= 0.3 is 0 Å². The molecule has 0 bridgehead atoms. The Bertz CT molecular complexity index is 535. The van der Waals surface area contributed by atoms with Gasteiger partial charge in [0.2, 0.25) is 0 Å². The summed E-state index contributed by atoms with van der Waals surface area (Å²) < 4.78 is 0. The van der Waals surface area contributed by atoms with Gasteiger partial charge in [-0.25, -0.2) is 0 Å². The summed E-state index contributed by atoms with van der Waals surface area (Å²) in [5.41, 5.74) is 8.39. The van der Waals surface area contributed by atoms with Crippen molar-refractivity contribution in [2.45, 2.75) is 19.5 Å². The Kier molecular flexibility index (Phi) is 4.26. The van der Waals surface area contributed by atoms with Crippen LogP contribution in [0, 0.1) is 0 Å². The van der Waals surface area contributed by atoms with Crippen LogP contribution in [0.15, 0.2) is 48.8 Å². The van der Waals surface area contributed by atoms with E-state index >= 15 is 0 Å². The number of hydrogen-bond acceptors (Lipinski definition) is 3. The van der Waals surface area contributed by atoms with Crippen molar-refractivity contribution in [3.8, 4) is 0 Å². The number of pyridine rings is 1. The van der Waals surface area contributed by atoms with Crippen LogP contribution in [0.2, 0.25) is 0 Å². The molecule has 98 valence electrons. The lowest BCUT2D eigenvalue weighted by Gasteiger charge is -2.08. The van der Waals surface area contributed by atoms with Gasteiger partial charge < -0.3 is 11.1 Å². The van der Waals surface area contributed by atoms with Gasteiger partial charge in [-0.15, -0.1) is 0 Å². The lowest BCUT2D eigenvalue weighted by molar-refractivity contribution is 0.0951. The molecule has 0 aliphatic rings. The number of aromatic nitrogens is 1. The lowest BCUT2D eigenvalue weighted by atomic mass is 10.1. The van der Waals surface area contributed by atoms with Crippen molar-refractivity contribution in [1.82, 2.24) is 10.3 Å². The quantitative estimate of drug-likeness (QED) is 0.878. The SMILES string of the molecule is CC(N)c1ccc(C(=O)NCc2cccnc2)cc1. The molecule has 0 aliphatic heterocycles. The van der Waals surface area contributed by atoms with Crippen LogP contribution in [0.3, 0.4) is 0 Å². The molecule has 1 heterocycles. The van der Waals surface area contributed by atoms with Gasteiger partial charge in [0.1, 0.15) is 0 Å². The van der Waals surface area contributed by atoms with E-state index in [1.165, 1.54) is 0 Å². The Balaban J connectivity index is 1.96. The first-order chi connectivity index (χ1) is 9.16. The standard InChI is InChI=1S/C15H17N3O/c1-11(16)13-4-6-14(7-5-13)15(19)18-10-12-3-2-8-17-9-12/h2-9,11H,10,16H2,1H3,(H,18,19). The minimum Gasteiger partial charge on any atom is -0.348 e. The maximum Gasteiger partial charge on any atom is 0.251 e. The molecule has 2 aromatic rings. The van der Waals surface area contributed by atoms with Gasteiger partial charge in [0.15, 0.2) is 0 Å². The molecule has 1 atom stereocenters. The molecule has 0 saturated carbocycles. The van der Waals surface area contributed by atoms with E-state index in [4.69, 9.17) is 5.73 Å². The normalized spacial score (nSPS) is 11.9. The average molecular weight is 255 g/mol. The molecule has 1 unspecified atom stereocenters. The highest BCUT2D eigenvalue weighted by Gasteiger charge is 2.06. The number of nitrogens with zero attached hydrogens (tertiary/aromatic N) is 1. The zero-order valence-corrected chi connectivity index (χ0v) is 10.8. The maximum atomic E-state index is 11.9. The number of amides is 1. The highest BCUT2D eigenvalue weighted by Crippen LogP contribution is 2.10. The van der Waals surface area contributed by atoms with E-state index in [0.29, 0.717) is 12.1 Å². The molecular weight excluding hydrogens is 238 g/mol. The number of nitrogens with one attached hydrogen (secondary N) is 1. The predicted octanol–water partition coefficient (Wildman–Crippen LogP) is 2.03. The molecule has 0 fully saturated rings. The Morgan fingerprint density at radius 3 is 2.63 bits per heavy atom. The van der Waals surface area contributed by atoms with Crippen molar-refractivity contribution in [3.63, 3.8) is 0 Å². The van der Waals surface area contributed by atoms with E-state index in [0.717, 1.165) is 11.1 Å². The monoisotopic (exact) mass is 255 g/mol. The summed E-state index contributed by atoms with van der Waals surface area (Å²) in [5, 5.41) is 2.85. The molecule has 2 rings (SSSR count). The molecule has 0 aliphatic carbocycles. The summed E-state index contributed by atoms with van der Waals surface area (Å²) in [6, 6.07) is 11.1. The number of carbonyl (C=O) groups excluding carboxylic acids is 1. The summed E-state index contributed by atoms with van der Waals surface area (Å²) in [6.45, 7) is 2.39. The van der Waals surface area contributed by atoms with E-state index in [1.54, 1.807) is 24.5 Å². The molecule has 1 amide bonds. The van der Waals surface area contributed by atoms with Crippen molar-refractivity contribution in [2.75, 3.05) is 0 Å². The van der Waals surface area contributed by atoms with E-state index < -0.39 is 0 Å². The van der Waals surface area contributed by atoms with Crippen LogP contribution in [0.4, 0.5) is 0 Å². The number of rotatable bonds is 4. The van der Waals surface area contributed by atoms with Crippen LogP contribution >= 0.6 is 0 Å². The fourth-order valence-corrected chi connectivity index (χ4v) is 1.73. The summed E-state index contributed by atoms with van der Waals surface area (Å²) in [5.74, 6) is -0.0972. The van der Waals surface area contributed by atoms with Gasteiger partial charge in [0, 0.05) is 30.5 Å². The second-order valence-electron chi connectivity index (χ2n) is 4.45. The zero-order chi connectivity index (χ0) is 13.7. The van der Waals surface area contributed by atoms with Crippen molar-refractivity contribution < 1.29 is 4.79 Å². The first-order valence-corrected chi connectivity index (χ1v) is 6.19. The van der Waals surface area contributed by atoms with Gasteiger partial charge in [-0.05, 0) is 36.2 Å². The number of carbonyl (C=O) groups is 1. The van der Waals surface area contributed by atoms with Crippen molar-refractivity contribution >= 4 is 5.91 Å². The molecule has 0 saturated heterocycles. The van der Waals surface area contributed by atoms with E-state index in [9.17, 15) is 4.79 Å². The summed E-state index contributed by atoms with van der Waals surface area (Å²) >= 11 is 0. The van der Waals surface area contributed by atoms with Crippen LogP contribution in [-0.4, -0.2) is 10.9 Å². The smallest absolute Gasteiger partial charge is 0.251 e. The highest BCUT2D eigenvalue weighted by molar-refractivity contribution is 5.94. The minimum absolute atomic E-state index is 0.0208. The summed E-state index contributed by atoms with van der Waals surface area (Å²) in [6.07, 6.45) is 3.44. The highest BCUT2D eigenvalue weighted by atomic mass is 16.1.